The Bertz CT molecular complexity index is 1660. The normalized spacial score (nSPS) is 11.0. The first-order valence-electron chi connectivity index (χ1n) is 12.9. The molecule has 0 fully saturated rings. The van der Waals surface area contributed by atoms with Crippen molar-refractivity contribution in [3.05, 3.63) is 145 Å². The number of pyridine rings is 3. The molecule has 6 heteroatoms. The van der Waals surface area contributed by atoms with Crippen LogP contribution in [0, 0.1) is 0 Å². The molecule has 3 aromatic carbocycles. The lowest BCUT2D eigenvalue weighted by molar-refractivity contribution is 0.322. The van der Waals surface area contributed by atoms with E-state index in [0.717, 1.165) is 56.5 Å². The minimum atomic E-state index is 0.792. The Morgan fingerprint density at radius 3 is 1.57 bits per heavy atom. The number of oxime groups is 1. The molecule has 6 nitrogen and oxygen atoms in total. The van der Waals surface area contributed by atoms with Gasteiger partial charge in [-0.05, 0) is 89.5 Å². The molecule has 0 bridgehead atoms. The van der Waals surface area contributed by atoms with Gasteiger partial charge in [0.15, 0.2) is 0 Å². The van der Waals surface area contributed by atoms with Gasteiger partial charge in [0.2, 0.25) is 0 Å². The Morgan fingerprint density at radius 1 is 0.525 bits per heavy atom. The maximum absolute atomic E-state index is 8.89. The fourth-order valence-electron chi connectivity index (χ4n) is 4.59. The van der Waals surface area contributed by atoms with Gasteiger partial charge in [-0.2, -0.15) is 0 Å². The summed E-state index contributed by atoms with van der Waals surface area (Å²) in [5.74, 6) is 0. The van der Waals surface area contributed by atoms with Crippen molar-refractivity contribution in [2.75, 3.05) is 4.90 Å². The maximum atomic E-state index is 8.89. The second-order valence-corrected chi connectivity index (χ2v) is 9.11. The topological polar surface area (TPSA) is 74.5 Å². The maximum Gasteiger partial charge on any atom is 0.0900 e. The number of anilines is 3. The predicted octanol–water partition coefficient (Wildman–Crippen LogP) is 8.15. The van der Waals surface area contributed by atoms with Crippen LogP contribution in [0.2, 0.25) is 0 Å². The van der Waals surface area contributed by atoms with Crippen LogP contribution in [-0.4, -0.2) is 26.4 Å². The molecule has 0 unspecified atom stereocenters. The average Bonchev–Trinajstić information content (AvgIpc) is 3.04. The number of benzene rings is 3. The summed E-state index contributed by atoms with van der Waals surface area (Å²) < 4.78 is 0. The molecule has 6 rings (SSSR count). The number of hydrogen-bond donors (Lipinski definition) is 1. The Morgan fingerprint density at radius 2 is 1.05 bits per heavy atom. The van der Waals surface area contributed by atoms with Crippen molar-refractivity contribution in [2.45, 2.75) is 0 Å². The van der Waals surface area contributed by atoms with Crippen LogP contribution in [-0.2, 0) is 0 Å². The number of rotatable bonds is 7. The third-order valence-electron chi connectivity index (χ3n) is 6.51. The molecule has 0 spiro atoms. The Hall–Kier alpha value is -5.62. The molecular weight excluding hydrogens is 494 g/mol. The van der Waals surface area contributed by atoms with Crippen LogP contribution in [0.3, 0.4) is 0 Å². The van der Waals surface area contributed by atoms with Crippen molar-refractivity contribution in [3.63, 3.8) is 0 Å². The number of nitrogens with zero attached hydrogens (tertiary/aromatic N) is 5. The van der Waals surface area contributed by atoms with Crippen LogP contribution >= 0.6 is 0 Å². The van der Waals surface area contributed by atoms with Gasteiger partial charge >= 0.3 is 0 Å². The van der Waals surface area contributed by atoms with Gasteiger partial charge in [0.1, 0.15) is 0 Å². The van der Waals surface area contributed by atoms with Crippen LogP contribution in [0.4, 0.5) is 17.1 Å². The molecule has 192 valence electrons. The minimum Gasteiger partial charge on any atom is -0.411 e. The van der Waals surface area contributed by atoms with E-state index in [-0.39, 0.29) is 0 Å². The van der Waals surface area contributed by atoms with Crippen molar-refractivity contribution in [2.24, 2.45) is 5.16 Å². The predicted molar refractivity (Wildman–Crippen MR) is 160 cm³/mol. The summed E-state index contributed by atoms with van der Waals surface area (Å²) in [7, 11) is 0. The summed E-state index contributed by atoms with van der Waals surface area (Å²) in [5.41, 5.74) is 9.16. The smallest absolute Gasteiger partial charge is 0.0900 e. The zero-order chi connectivity index (χ0) is 27.1. The molecule has 0 aliphatic carbocycles. The summed E-state index contributed by atoms with van der Waals surface area (Å²) in [6.07, 6.45) is 4.97. The highest BCUT2D eigenvalue weighted by atomic mass is 16.4. The van der Waals surface area contributed by atoms with E-state index in [9.17, 15) is 0 Å². The third-order valence-corrected chi connectivity index (χ3v) is 6.51. The van der Waals surface area contributed by atoms with Crippen LogP contribution in [0.5, 0.6) is 0 Å². The molecule has 0 saturated carbocycles. The molecular formula is C34H25N5O. The van der Waals surface area contributed by atoms with Gasteiger partial charge in [-0.3, -0.25) is 9.97 Å². The van der Waals surface area contributed by atoms with Gasteiger partial charge in [-0.1, -0.05) is 59.8 Å². The molecule has 0 aliphatic rings. The SMILES string of the molecule is O/N=C/c1ccc(N(c2ccccc2)c2ccc(-c3cc(-c4ccccn4)nc(-c4ccccn4)c3)cc2)cc1. The molecule has 3 heterocycles. The lowest BCUT2D eigenvalue weighted by atomic mass is 10.0. The Balaban J connectivity index is 1.41. The zero-order valence-corrected chi connectivity index (χ0v) is 21.5. The molecule has 6 aromatic rings. The van der Waals surface area contributed by atoms with Crippen LogP contribution in [0.1, 0.15) is 5.56 Å². The summed E-state index contributed by atoms with van der Waals surface area (Å²) in [4.78, 5) is 16.1. The molecule has 3 aromatic heterocycles. The summed E-state index contributed by atoms with van der Waals surface area (Å²) in [6.45, 7) is 0. The van der Waals surface area contributed by atoms with Crippen LogP contribution < -0.4 is 4.90 Å². The first-order chi connectivity index (χ1) is 19.8. The molecule has 0 atom stereocenters. The van der Waals surface area contributed by atoms with Gasteiger partial charge in [0, 0.05) is 29.5 Å². The van der Waals surface area contributed by atoms with Crippen molar-refractivity contribution in [1.82, 2.24) is 15.0 Å². The summed E-state index contributed by atoms with van der Waals surface area (Å²) in [5, 5.41) is 12.0. The van der Waals surface area contributed by atoms with E-state index >= 15 is 0 Å². The van der Waals surface area contributed by atoms with E-state index in [0.29, 0.717) is 0 Å². The largest absolute Gasteiger partial charge is 0.411 e. The molecule has 1 N–H and O–H groups in total. The van der Waals surface area contributed by atoms with Crippen molar-refractivity contribution >= 4 is 23.3 Å². The van der Waals surface area contributed by atoms with E-state index < -0.39 is 0 Å². The van der Waals surface area contributed by atoms with Crippen molar-refractivity contribution < 1.29 is 5.21 Å². The molecule has 0 amide bonds. The van der Waals surface area contributed by atoms with Crippen LogP contribution in [0.25, 0.3) is 33.9 Å². The molecule has 40 heavy (non-hydrogen) atoms. The number of aromatic nitrogens is 3. The third kappa shape index (κ3) is 5.33. The van der Waals surface area contributed by atoms with E-state index in [1.165, 1.54) is 6.21 Å². The highest BCUT2D eigenvalue weighted by Crippen LogP contribution is 2.36. The van der Waals surface area contributed by atoms with Gasteiger partial charge in [0.05, 0.1) is 29.0 Å². The first kappa shape index (κ1) is 24.7. The van der Waals surface area contributed by atoms with E-state index in [2.05, 4.69) is 68.6 Å². The quantitative estimate of drug-likeness (QED) is 0.131. The first-order valence-corrected chi connectivity index (χ1v) is 12.9. The average molecular weight is 520 g/mol. The van der Waals surface area contributed by atoms with Gasteiger partial charge in [-0.25, -0.2) is 4.98 Å². The fraction of sp³-hybridized carbons (Fsp3) is 0. The van der Waals surface area contributed by atoms with Crippen molar-refractivity contribution in [1.29, 1.82) is 0 Å². The van der Waals surface area contributed by atoms with E-state index in [1.54, 1.807) is 12.4 Å². The highest BCUT2D eigenvalue weighted by molar-refractivity contribution is 5.83. The Labute approximate surface area is 232 Å². The second-order valence-electron chi connectivity index (χ2n) is 9.11. The van der Waals surface area contributed by atoms with Gasteiger partial charge in [-0.15, -0.1) is 0 Å². The second kappa shape index (κ2) is 11.4. The lowest BCUT2D eigenvalue weighted by Crippen LogP contribution is -2.09. The van der Waals surface area contributed by atoms with Gasteiger partial charge < -0.3 is 10.1 Å². The van der Waals surface area contributed by atoms with Gasteiger partial charge in [0.25, 0.3) is 0 Å². The standard InChI is InChI=1S/C34H25N5O/c40-37-24-25-12-16-29(17-13-25)39(28-8-2-1-3-9-28)30-18-14-26(15-19-30)27-22-33(31-10-4-6-20-35-31)38-34(23-27)32-11-5-7-21-36-32/h1-24,40H/b37-24+. The summed E-state index contributed by atoms with van der Waals surface area (Å²) >= 11 is 0. The number of hydrogen-bond acceptors (Lipinski definition) is 6. The zero-order valence-electron chi connectivity index (χ0n) is 21.5. The number of para-hydroxylation sites is 1. The minimum absolute atomic E-state index is 0.792. The lowest BCUT2D eigenvalue weighted by Gasteiger charge is -2.25. The molecule has 0 aliphatic heterocycles. The molecule has 0 radical (unpaired) electrons. The van der Waals surface area contributed by atoms with E-state index in [1.807, 2.05) is 78.9 Å². The monoisotopic (exact) mass is 519 g/mol. The van der Waals surface area contributed by atoms with E-state index in [4.69, 9.17) is 10.2 Å². The van der Waals surface area contributed by atoms with Crippen molar-refractivity contribution in [3.8, 4) is 33.9 Å². The Kier molecular flexibility index (Phi) is 7.05. The summed E-state index contributed by atoms with van der Waals surface area (Å²) in [6, 6.07) is 42.4. The fourth-order valence-corrected chi connectivity index (χ4v) is 4.59. The highest BCUT2D eigenvalue weighted by Gasteiger charge is 2.14. The molecule has 0 saturated heterocycles. The van der Waals surface area contributed by atoms with Crippen LogP contribution in [0.15, 0.2) is 145 Å².